The van der Waals surface area contributed by atoms with Crippen molar-refractivity contribution in [1.82, 2.24) is 4.90 Å². The molecule has 1 N–H and O–H groups in total. The molecule has 2 aromatic rings. The molecule has 1 saturated heterocycles. The quantitative estimate of drug-likeness (QED) is 0.822. The van der Waals surface area contributed by atoms with Crippen LogP contribution in [-0.4, -0.2) is 42.4 Å². The fourth-order valence-corrected chi connectivity index (χ4v) is 3.87. The van der Waals surface area contributed by atoms with Gasteiger partial charge in [0.15, 0.2) is 9.84 Å². The Bertz CT molecular complexity index is 1000. The van der Waals surface area contributed by atoms with Crippen LogP contribution in [0.15, 0.2) is 53.4 Å². The highest BCUT2D eigenvalue weighted by molar-refractivity contribution is 8.14. The third kappa shape index (κ3) is 4.55. The molecular weight excluding hydrogens is 388 g/mol. The largest absolute Gasteiger partial charge is 0.322 e. The number of nitrogens with zero attached hydrogens (tertiary/aromatic N) is 1. The molecule has 0 unspecified atom stereocenters. The maximum absolute atomic E-state index is 12.4. The first-order valence-corrected chi connectivity index (χ1v) is 10.8. The molecule has 0 atom stereocenters. The van der Waals surface area contributed by atoms with Crippen LogP contribution in [0.1, 0.15) is 15.9 Å². The fraction of sp³-hybridized carbons (Fsp3) is 0.167. The summed E-state index contributed by atoms with van der Waals surface area (Å²) in [5, 5.41) is 2.40. The minimum atomic E-state index is -3.30. The number of hydrogen-bond acceptors (Lipinski definition) is 6. The van der Waals surface area contributed by atoms with Gasteiger partial charge < -0.3 is 5.32 Å². The van der Waals surface area contributed by atoms with Gasteiger partial charge in [0.25, 0.3) is 11.1 Å². The van der Waals surface area contributed by atoms with Gasteiger partial charge in [0, 0.05) is 17.5 Å². The molecule has 0 aliphatic carbocycles. The number of thioether (sulfide) groups is 1. The summed E-state index contributed by atoms with van der Waals surface area (Å²) in [5.74, 6) is -0.481. The predicted octanol–water partition coefficient (Wildman–Crippen LogP) is 2.54. The van der Waals surface area contributed by atoms with Crippen molar-refractivity contribution in [3.8, 4) is 0 Å². The summed E-state index contributed by atoms with van der Waals surface area (Å²) in [6.45, 7) is 0.120. The molecule has 7 nitrogen and oxygen atoms in total. The van der Waals surface area contributed by atoms with E-state index < -0.39 is 9.84 Å². The van der Waals surface area contributed by atoms with E-state index in [1.807, 2.05) is 0 Å². The monoisotopic (exact) mass is 404 g/mol. The Morgan fingerprint density at radius 2 is 1.85 bits per heavy atom. The topological polar surface area (TPSA) is 101 Å². The number of amides is 3. The molecular formula is C18H16N2O5S2. The van der Waals surface area contributed by atoms with Crippen molar-refractivity contribution in [2.75, 3.05) is 17.3 Å². The van der Waals surface area contributed by atoms with E-state index in [1.165, 1.54) is 24.3 Å². The highest BCUT2D eigenvalue weighted by Gasteiger charge is 2.29. The first-order chi connectivity index (χ1) is 12.7. The maximum Gasteiger partial charge on any atom is 0.289 e. The van der Waals surface area contributed by atoms with Crippen LogP contribution in [0.25, 0.3) is 0 Å². The molecule has 1 aliphatic heterocycles. The van der Waals surface area contributed by atoms with Gasteiger partial charge in [0.2, 0.25) is 5.91 Å². The molecule has 2 aromatic carbocycles. The van der Waals surface area contributed by atoms with Crippen molar-refractivity contribution in [2.24, 2.45) is 0 Å². The standard InChI is InChI=1S/C18H16N2O5S2/c1-27(24,25)15-7-5-14(6-8-15)19-17(22)13-4-2-3-12(9-13)10-20-16(21)11-26-18(20)23/h2-9H,10-11H2,1H3,(H,19,22). The third-order valence-electron chi connectivity index (χ3n) is 3.91. The normalized spacial score (nSPS) is 14.5. The highest BCUT2D eigenvalue weighted by atomic mass is 32.2. The molecule has 27 heavy (non-hydrogen) atoms. The highest BCUT2D eigenvalue weighted by Crippen LogP contribution is 2.22. The fourth-order valence-electron chi connectivity index (χ4n) is 2.52. The molecule has 1 heterocycles. The lowest BCUT2D eigenvalue weighted by Gasteiger charge is -2.13. The Labute approximate surface area is 160 Å². The lowest BCUT2D eigenvalue weighted by molar-refractivity contribution is -0.125. The first kappa shape index (κ1) is 19.1. The second-order valence-corrected chi connectivity index (χ2v) is 8.93. The molecule has 140 valence electrons. The summed E-state index contributed by atoms with van der Waals surface area (Å²) in [4.78, 5) is 37.2. The Balaban J connectivity index is 1.72. The van der Waals surface area contributed by atoms with Crippen LogP contribution in [0, 0.1) is 0 Å². The van der Waals surface area contributed by atoms with E-state index in [9.17, 15) is 22.8 Å². The van der Waals surface area contributed by atoms with Crippen molar-refractivity contribution < 1.29 is 22.8 Å². The summed E-state index contributed by atoms with van der Waals surface area (Å²) in [5.41, 5.74) is 1.49. The molecule has 3 rings (SSSR count). The van der Waals surface area contributed by atoms with Crippen molar-refractivity contribution in [3.63, 3.8) is 0 Å². The molecule has 1 aliphatic rings. The van der Waals surface area contributed by atoms with Gasteiger partial charge in [-0.15, -0.1) is 0 Å². The van der Waals surface area contributed by atoms with Crippen molar-refractivity contribution in [2.45, 2.75) is 11.4 Å². The number of nitrogens with one attached hydrogen (secondary N) is 1. The zero-order valence-corrected chi connectivity index (χ0v) is 16.0. The van der Waals surface area contributed by atoms with Crippen LogP contribution < -0.4 is 5.32 Å². The predicted molar refractivity (Wildman–Crippen MR) is 102 cm³/mol. The number of imide groups is 1. The molecule has 3 amide bonds. The minimum Gasteiger partial charge on any atom is -0.322 e. The van der Waals surface area contributed by atoms with Gasteiger partial charge in [-0.2, -0.15) is 0 Å². The van der Waals surface area contributed by atoms with E-state index in [2.05, 4.69) is 5.32 Å². The van der Waals surface area contributed by atoms with Crippen LogP contribution in [0.3, 0.4) is 0 Å². The van der Waals surface area contributed by atoms with E-state index in [0.29, 0.717) is 16.8 Å². The van der Waals surface area contributed by atoms with E-state index in [4.69, 9.17) is 0 Å². The average molecular weight is 404 g/mol. The second kappa shape index (κ2) is 7.53. The number of rotatable bonds is 5. The van der Waals surface area contributed by atoms with E-state index >= 15 is 0 Å². The Morgan fingerprint density at radius 3 is 2.44 bits per heavy atom. The lowest BCUT2D eigenvalue weighted by atomic mass is 10.1. The summed E-state index contributed by atoms with van der Waals surface area (Å²) in [6, 6.07) is 12.5. The van der Waals surface area contributed by atoms with Crippen molar-refractivity contribution >= 4 is 44.3 Å². The second-order valence-electron chi connectivity index (χ2n) is 5.99. The Morgan fingerprint density at radius 1 is 1.15 bits per heavy atom. The minimum absolute atomic E-state index is 0.120. The van der Waals surface area contributed by atoms with E-state index in [1.54, 1.807) is 24.3 Å². The summed E-state index contributed by atoms with van der Waals surface area (Å²) >= 11 is 0.963. The summed E-state index contributed by atoms with van der Waals surface area (Å²) < 4.78 is 22.9. The third-order valence-corrected chi connectivity index (χ3v) is 5.90. The van der Waals surface area contributed by atoms with Crippen LogP contribution in [-0.2, 0) is 21.2 Å². The molecule has 0 spiro atoms. The number of carbonyl (C=O) groups is 3. The van der Waals surface area contributed by atoms with Crippen LogP contribution in [0.5, 0.6) is 0 Å². The number of anilines is 1. The first-order valence-electron chi connectivity index (χ1n) is 7.91. The summed E-state index contributed by atoms with van der Waals surface area (Å²) in [6.07, 6.45) is 1.11. The number of hydrogen-bond donors (Lipinski definition) is 1. The maximum atomic E-state index is 12.4. The Kier molecular flexibility index (Phi) is 5.33. The zero-order valence-electron chi connectivity index (χ0n) is 14.3. The lowest BCUT2D eigenvalue weighted by Crippen LogP contribution is -2.28. The molecule has 0 aromatic heterocycles. The van der Waals surface area contributed by atoms with Gasteiger partial charge in [-0.3, -0.25) is 19.3 Å². The van der Waals surface area contributed by atoms with Gasteiger partial charge in [0.05, 0.1) is 17.2 Å². The van der Waals surface area contributed by atoms with Gasteiger partial charge in [0.1, 0.15) is 0 Å². The number of benzene rings is 2. The van der Waals surface area contributed by atoms with Crippen LogP contribution in [0.4, 0.5) is 10.5 Å². The molecule has 0 bridgehead atoms. The van der Waals surface area contributed by atoms with Crippen molar-refractivity contribution in [1.29, 1.82) is 0 Å². The molecule has 0 saturated carbocycles. The molecule has 0 radical (unpaired) electrons. The van der Waals surface area contributed by atoms with Gasteiger partial charge >= 0.3 is 0 Å². The summed E-state index contributed by atoms with van der Waals surface area (Å²) in [7, 11) is -3.30. The van der Waals surface area contributed by atoms with Gasteiger partial charge in [-0.1, -0.05) is 23.9 Å². The number of sulfone groups is 1. The van der Waals surface area contributed by atoms with Crippen LogP contribution >= 0.6 is 11.8 Å². The zero-order chi connectivity index (χ0) is 19.6. The Hall–Kier alpha value is -2.65. The molecule has 9 heteroatoms. The molecule has 1 fully saturated rings. The van der Waals surface area contributed by atoms with Gasteiger partial charge in [-0.25, -0.2) is 8.42 Å². The SMILES string of the molecule is CS(=O)(=O)c1ccc(NC(=O)c2cccc(CN3C(=O)CSC3=O)c2)cc1. The average Bonchev–Trinajstić information content (AvgIpc) is 2.94. The smallest absolute Gasteiger partial charge is 0.289 e. The number of carbonyl (C=O) groups excluding carboxylic acids is 3. The van der Waals surface area contributed by atoms with E-state index in [0.717, 1.165) is 22.9 Å². The van der Waals surface area contributed by atoms with Gasteiger partial charge in [-0.05, 0) is 42.0 Å². The van der Waals surface area contributed by atoms with Crippen molar-refractivity contribution in [3.05, 3.63) is 59.7 Å². The van der Waals surface area contributed by atoms with E-state index in [-0.39, 0.29) is 34.2 Å². The van der Waals surface area contributed by atoms with Crippen LogP contribution in [0.2, 0.25) is 0 Å².